The van der Waals surface area contributed by atoms with Crippen LogP contribution >= 0.6 is 22.6 Å². The summed E-state index contributed by atoms with van der Waals surface area (Å²) in [5, 5.41) is 9.61. The fraction of sp³-hybridized carbons (Fsp3) is 0.125. The van der Waals surface area contributed by atoms with Crippen LogP contribution in [0.25, 0.3) is 11.6 Å². The highest BCUT2D eigenvalue weighted by molar-refractivity contribution is 14.1. The van der Waals surface area contributed by atoms with Gasteiger partial charge in [0.05, 0.1) is 29.4 Å². The summed E-state index contributed by atoms with van der Waals surface area (Å²) < 4.78 is 30.5. The molecular formula is C24H19FINO3. The number of hydrogen-bond donors (Lipinski definition) is 0. The number of methoxy groups -OCH3 is 2. The van der Waals surface area contributed by atoms with Gasteiger partial charge in [-0.05, 0) is 93.9 Å². The monoisotopic (exact) mass is 515 g/mol. The van der Waals surface area contributed by atoms with Crippen molar-refractivity contribution < 1.29 is 18.6 Å². The predicted octanol–water partition coefficient (Wildman–Crippen LogP) is 6.09. The molecule has 0 aliphatic carbocycles. The number of hydrogen-bond acceptors (Lipinski definition) is 4. The van der Waals surface area contributed by atoms with E-state index >= 15 is 0 Å². The second-order valence-electron chi connectivity index (χ2n) is 6.35. The van der Waals surface area contributed by atoms with Crippen LogP contribution in [-0.4, -0.2) is 14.2 Å². The first-order chi connectivity index (χ1) is 14.5. The Labute approximate surface area is 188 Å². The van der Waals surface area contributed by atoms with Crippen molar-refractivity contribution >= 4 is 34.2 Å². The van der Waals surface area contributed by atoms with Crippen molar-refractivity contribution in [3.05, 3.63) is 86.7 Å². The number of ether oxygens (including phenoxy) is 3. The summed E-state index contributed by atoms with van der Waals surface area (Å²) in [5.41, 5.74) is 2.99. The Morgan fingerprint density at radius 1 is 1.03 bits per heavy atom. The van der Waals surface area contributed by atoms with E-state index in [9.17, 15) is 9.65 Å². The van der Waals surface area contributed by atoms with Crippen molar-refractivity contribution in [2.24, 2.45) is 0 Å². The highest BCUT2D eigenvalue weighted by Gasteiger charge is 2.12. The fourth-order valence-corrected chi connectivity index (χ4v) is 3.60. The lowest BCUT2D eigenvalue weighted by atomic mass is 10.0. The topological polar surface area (TPSA) is 51.5 Å². The Morgan fingerprint density at radius 3 is 2.33 bits per heavy atom. The van der Waals surface area contributed by atoms with Crippen molar-refractivity contribution in [1.82, 2.24) is 0 Å². The van der Waals surface area contributed by atoms with E-state index in [1.807, 2.05) is 36.4 Å². The molecule has 0 N–H and O–H groups in total. The van der Waals surface area contributed by atoms with Crippen LogP contribution in [0.5, 0.6) is 17.2 Å². The molecule has 0 saturated carbocycles. The van der Waals surface area contributed by atoms with Crippen LogP contribution in [-0.2, 0) is 6.61 Å². The molecule has 0 bridgehead atoms. The van der Waals surface area contributed by atoms with Gasteiger partial charge in [0.15, 0.2) is 11.5 Å². The van der Waals surface area contributed by atoms with Crippen LogP contribution in [0.3, 0.4) is 0 Å². The smallest absolute Gasteiger partial charge is 0.174 e. The van der Waals surface area contributed by atoms with Gasteiger partial charge in [-0.1, -0.05) is 12.1 Å². The van der Waals surface area contributed by atoms with Gasteiger partial charge in [-0.25, -0.2) is 4.39 Å². The third kappa shape index (κ3) is 5.30. The summed E-state index contributed by atoms with van der Waals surface area (Å²) in [6, 6.07) is 19.5. The minimum atomic E-state index is -0.285. The molecule has 3 rings (SSSR count). The molecule has 6 heteroatoms. The van der Waals surface area contributed by atoms with Crippen LogP contribution in [0, 0.1) is 20.7 Å². The molecule has 0 aliphatic rings. The van der Waals surface area contributed by atoms with E-state index in [0.29, 0.717) is 17.1 Å². The Bertz CT molecular complexity index is 1090. The van der Waals surface area contributed by atoms with Crippen LogP contribution in [0.2, 0.25) is 0 Å². The molecule has 0 saturated heterocycles. The number of nitrogens with zero attached hydrogens (tertiary/aromatic N) is 1. The average molecular weight is 515 g/mol. The van der Waals surface area contributed by atoms with Crippen molar-refractivity contribution in [3.63, 3.8) is 0 Å². The molecule has 0 fully saturated rings. The summed E-state index contributed by atoms with van der Waals surface area (Å²) in [4.78, 5) is 0. The number of allylic oxidation sites excluding steroid dienone is 1. The highest BCUT2D eigenvalue weighted by atomic mass is 127. The van der Waals surface area contributed by atoms with Gasteiger partial charge in [0.1, 0.15) is 18.2 Å². The third-order valence-corrected chi connectivity index (χ3v) is 5.18. The van der Waals surface area contributed by atoms with Crippen LogP contribution < -0.4 is 14.2 Å². The first kappa shape index (κ1) is 21.7. The maximum Gasteiger partial charge on any atom is 0.174 e. The molecule has 3 aromatic carbocycles. The van der Waals surface area contributed by atoms with Gasteiger partial charge in [-0.3, -0.25) is 0 Å². The van der Waals surface area contributed by atoms with E-state index < -0.39 is 0 Å². The zero-order valence-electron chi connectivity index (χ0n) is 16.5. The summed E-state index contributed by atoms with van der Waals surface area (Å²) in [6.07, 6.45) is 1.80. The van der Waals surface area contributed by atoms with Gasteiger partial charge >= 0.3 is 0 Å². The van der Waals surface area contributed by atoms with Gasteiger partial charge in [0, 0.05) is 0 Å². The number of nitriles is 1. The van der Waals surface area contributed by atoms with E-state index in [1.165, 1.54) is 12.1 Å². The molecule has 30 heavy (non-hydrogen) atoms. The van der Waals surface area contributed by atoms with Gasteiger partial charge in [0.2, 0.25) is 0 Å². The largest absolute Gasteiger partial charge is 0.497 e. The summed E-state index contributed by atoms with van der Waals surface area (Å²) in [7, 11) is 3.17. The molecule has 152 valence electrons. The van der Waals surface area contributed by atoms with E-state index in [2.05, 4.69) is 28.7 Å². The van der Waals surface area contributed by atoms with Gasteiger partial charge < -0.3 is 14.2 Å². The fourth-order valence-electron chi connectivity index (χ4n) is 2.82. The van der Waals surface area contributed by atoms with E-state index in [-0.39, 0.29) is 12.4 Å². The SMILES string of the molecule is COc1ccc(/C(C#N)=C/c2cc(I)c(OCc3ccc(F)cc3)c(OC)c2)cc1. The van der Waals surface area contributed by atoms with Gasteiger partial charge in [-0.15, -0.1) is 0 Å². The Morgan fingerprint density at radius 2 is 1.73 bits per heavy atom. The Hall–Kier alpha value is -3.05. The van der Waals surface area contributed by atoms with E-state index in [1.54, 1.807) is 32.4 Å². The number of halogens is 2. The molecule has 4 nitrogen and oxygen atoms in total. The van der Waals surface area contributed by atoms with Crippen molar-refractivity contribution in [3.8, 4) is 23.3 Å². The van der Waals surface area contributed by atoms with Crippen molar-refractivity contribution in [2.45, 2.75) is 6.61 Å². The maximum atomic E-state index is 13.1. The maximum absolute atomic E-state index is 13.1. The van der Waals surface area contributed by atoms with Gasteiger partial charge in [-0.2, -0.15) is 5.26 Å². The average Bonchev–Trinajstić information content (AvgIpc) is 2.77. The molecule has 0 aliphatic heterocycles. The third-order valence-electron chi connectivity index (χ3n) is 4.38. The van der Waals surface area contributed by atoms with Crippen LogP contribution in [0.4, 0.5) is 4.39 Å². The lowest BCUT2D eigenvalue weighted by Gasteiger charge is -2.14. The first-order valence-electron chi connectivity index (χ1n) is 9.05. The number of benzene rings is 3. The van der Waals surface area contributed by atoms with E-state index in [4.69, 9.17) is 14.2 Å². The Kier molecular flexibility index (Phi) is 7.31. The standard InChI is InChI=1S/C24H19FINO3/c1-28-21-9-5-18(6-10-21)19(14-27)11-17-12-22(26)24(23(13-17)29-2)30-15-16-3-7-20(25)8-4-16/h3-13H,15H2,1-2H3/b19-11+. The lowest BCUT2D eigenvalue weighted by molar-refractivity contribution is 0.282. The molecule has 0 atom stereocenters. The van der Waals surface area contributed by atoms with E-state index in [0.717, 1.165) is 26.0 Å². The predicted molar refractivity (Wildman–Crippen MR) is 123 cm³/mol. The van der Waals surface area contributed by atoms with Crippen LogP contribution in [0.1, 0.15) is 16.7 Å². The van der Waals surface area contributed by atoms with Crippen molar-refractivity contribution in [2.75, 3.05) is 14.2 Å². The number of rotatable bonds is 7. The van der Waals surface area contributed by atoms with Crippen molar-refractivity contribution in [1.29, 1.82) is 5.26 Å². The quantitative estimate of drug-likeness (QED) is 0.217. The zero-order valence-corrected chi connectivity index (χ0v) is 18.6. The molecule has 0 heterocycles. The minimum absolute atomic E-state index is 0.285. The first-order valence-corrected chi connectivity index (χ1v) is 10.1. The lowest BCUT2D eigenvalue weighted by Crippen LogP contribution is -2.00. The molecule has 0 unspecified atom stereocenters. The molecule has 0 spiro atoms. The Balaban J connectivity index is 1.87. The second kappa shape index (κ2) is 10.1. The molecule has 0 radical (unpaired) electrons. The highest BCUT2D eigenvalue weighted by Crippen LogP contribution is 2.35. The zero-order chi connectivity index (χ0) is 21.5. The second-order valence-corrected chi connectivity index (χ2v) is 7.51. The molecule has 3 aromatic rings. The normalized spacial score (nSPS) is 11.0. The van der Waals surface area contributed by atoms with Gasteiger partial charge in [0.25, 0.3) is 0 Å². The molecular weight excluding hydrogens is 496 g/mol. The summed E-state index contributed by atoms with van der Waals surface area (Å²) in [6.45, 7) is 0.289. The summed E-state index contributed by atoms with van der Waals surface area (Å²) >= 11 is 2.17. The minimum Gasteiger partial charge on any atom is -0.497 e. The molecule has 0 amide bonds. The summed E-state index contributed by atoms with van der Waals surface area (Å²) in [5.74, 6) is 1.60. The molecule has 0 aromatic heterocycles. The van der Waals surface area contributed by atoms with Crippen LogP contribution in [0.15, 0.2) is 60.7 Å².